The summed E-state index contributed by atoms with van der Waals surface area (Å²) in [6.07, 6.45) is 1.14. The Balaban J connectivity index is 1.57. The number of ether oxygens (including phenoxy) is 2. The number of hydrogen-bond donors (Lipinski definition) is 2. The lowest BCUT2D eigenvalue weighted by Crippen LogP contribution is -2.30. The monoisotopic (exact) mass is 554 g/mol. The van der Waals surface area contributed by atoms with Crippen LogP contribution < -0.4 is 15.4 Å². The van der Waals surface area contributed by atoms with Crippen LogP contribution in [0.2, 0.25) is 5.02 Å². The maximum atomic E-state index is 13.0. The van der Waals surface area contributed by atoms with Crippen LogP contribution in [0.25, 0.3) is 6.08 Å². The van der Waals surface area contributed by atoms with Gasteiger partial charge in [-0.15, -0.1) is 0 Å². The maximum absolute atomic E-state index is 13.0. The summed E-state index contributed by atoms with van der Waals surface area (Å²) < 4.78 is 15.4. The fourth-order valence-corrected chi connectivity index (χ4v) is 3.78. The molecule has 3 aromatic rings. The van der Waals surface area contributed by atoms with Gasteiger partial charge in [-0.3, -0.25) is 24.6 Å². The molecule has 0 bridgehead atoms. The van der Waals surface area contributed by atoms with Crippen molar-refractivity contribution >= 4 is 52.9 Å². The van der Waals surface area contributed by atoms with Crippen molar-refractivity contribution in [2.24, 2.45) is 0 Å². The van der Waals surface area contributed by atoms with Gasteiger partial charge in [-0.25, -0.2) is 9.59 Å². The summed E-state index contributed by atoms with van der Waals surface area (Å²) in [6, 6.07) is 12.7. The lowest BCUT2D eigenvalue weighted by atomic mass is 10.1. The molecule has 200 valence electrons. The summed E-state index contributed by atoms with van der Waals surface area (Å²) in [5, 5.41) is 16.6. The van der Waals surface area contributed by atoms with Crippen LogP contribution in [0.3, 0.4) is 0 Å². The van der Waals surface area contributed by atoms with E-state index in [1.807, 2.05) is 0 Å². The van der Waals surface area contributed by atoms with Crippen molar-refractivity contribution in [2.45, 2.75) is 6.54 Å². The molecule has 1 aliphatic heterocycles. The Morgan fingerprint density at radius 3 is 2.62 bits per heavy atom. The minimum Gasteiger partial charge on any atom is -0.476 e. The Morgan fingerprint density at radius 1 is 1.18 bits per heavy atom. The SMILES string of the molecule is COC(=O)c1ccc(CN2C(=O)N/C(=C\c3cc(Cl)cc([N+](=O)[O-])c3OCC(=O)Nc3ccccc3)C2=O)o1. The zero-order valence-electron chi connectivity index (χ0n) is 20.1. The highest BCUT2D eigenvalue weighted by molar-refractivity contribution is 6.31. The molecule has 0 atom stereocenters. The number of imide groups is 1. The lowest BCUT2D eigenvalue weighted by molar-refractivity contribution is -0.385. The summed E-state index contributed by atoms with van der Waals surface area (Å²) >= 11 is 6.06. The number of nitrogens with zero attached hydrogens (tertiary/aromatic N) is 2. The molecular weight excluding hydrogens is 536 g/mol. The highest BCUT2D eigenvalue weighted by Crippen LogP contribution is 2.36. The lowest BCUT2D eigenvalue weighted by Gasteiger charge is -2.11. The molecule has 0 saturated carbocycles. The number of nitro groups is 1. The topological polar surface area (TPSA) is 170 Å². The van der Waals surface area contributed by atoms with Crippen molar-refractivity contribution in [3.63, 3.8) is 0 Å². The first-order valence-corrected chi connectivity index (χ1v) is 11.5. The summed E-state index contributed by atoms with van der Waals surface area (Å²) in [5.41, 5.74) is -0.330. The van der Waals surface area contributed by atoms with E-state index >= 15 is 0 Å². The Hall–Kier alpha value is -5.17. The number of methoxy groups -OCH3 is 1. The molecule has 2 N–H and O–H groups in total. The van der Waals surface area contributed by atoms with Gasteiger partial charge in [0.25, 0.3) is 11.8 Å². The summed E-state index contributed by atoms with van der Waals surface area (Å²) in [4.78, 5) is 61.2. The van der Waals surface area contributed by atoms with Crippen LogP contribution in [0.1, 0.15) is 21.9 Å². The quantitative estimate of drug-likeness (QED) is 0.131. The third-order valence-electron chi connectivity index (χ3n) is 5.29. The van der Waals surface area contributed by atoms with Gasteiger partial charge in [-0.05, 0) is 36.4 Å². The molecule has 1 aliphatic rings. The first-order chi connectivity index (χ1) is 18.7. The fourth-order valence-electron chi connectivity index (χ4n) is 3.56. The van der Waals surface area contributed by atoms with E-state index < -0.39 is 41.0 Å². The van der Waals surface area contributed by atoms with Crippen LogP contribution in [0, 0.1) is 10.1 Å². The van der Waals surface area contributed by atoms with E-state index in [0.29, 0.717) is 5.69 Å². The zero-order chi connectivity index (χ0) is 28.1. The van der Waals surface area contributed by atoms with E-state index in [1.165, 1.54) is 25.3 Å². The normalized spacial score (nSPS) is 13.8. The third kappa shape index (κ3) is 6.22. The number of urea groups is 1. The Labute approximate surface area is 225 Å². The number of amides is 4. The number of halogens is 1. The van der Waals surface area contributed by atoms with Crippen molar-refractivity contribution in [1.82, 2.24) is 10.2 Å². The van der Waals surface area contributed by atoms with Gasteiger partial charge in [0.2, 0.25) is 11.5 Å². The minimum atomic E-state index is -0.802. The first-order valence-electron chi connectivity index (χ1n) is 11.1. The first kappa shape index (κ1) is 26.9. The largest absolute Gasteiger partial charge is 0.476 e. The second-order valence-corrected chi connectivity index (χ2v) is 8.38. The highest BCUT2D eigenvalue weighted by Gasteiger charge is 2.35. The molecule has 39 heavy (non-hydrogen) atoms. The number of carbonyl (C=O) groups is 4. The molecule has 1 fully saturated rings. The predicted molar refractivity (Wildman–Crippen MR) is 136 cm³/mol. The van der Waals surface area contributed by atoms with Crippen LogP contribution in [0.4, 0.5) is 16.2 Å². The number of benzene rings is 2. The van der Waals surface area contributed by atoms with E-state index in [2.05, 4.69) is 15.4 Å². The zero-order valence-corrected chi connectivity index (χ0v) is 20.9. The van der Waals surface area contributed by atoms with Crippen LogP contribution in [0.15, 0.2) is 64.7 Å². The average molecular weight is 555 g/mol. The summed E-state index contributed by atoms with van der Waals surface area (Å²) in [7, 11) is 1.17. The second kappa shape index (κ2) is 11.5. The van der Waals surface area contributed by atoms with E-state index in [4.69, 9.17) is 20.8 Å². The molecule has 0 radical (unpaired) electrons. The Kier molecular flexibility index (Phi) is 7.91. The second-order valence-electron chi connectivity index (χ2n) is 7.94. The van der Waals surface area contributed by atoms with Gasteiger partial charge < -0.3 is 24.5 Å². The van der Waals surface area contributed by atoms with E-state index in [0.717, 1.165) is 17.0 Å². The number of anilines is 1. The van der Waals surface area contributed by atoms with Gasteiger partial charge in [0, 0.05) is 22.3 Å². The van der Waals surface area contributed by atoms with Gasteiger partial charge in [0.1, 0.15) is 11.5 Å². The van der Waals surface area contributed by atoms with E-state index in [1.54, 1.807) is 30.3 Å². The Morgan fingerprint density at radius 2 is 1.92 bits per heavy atom. The molecular formula is C25H19ClN4O9. The number of para-hydroxylation sites is 1. The van der Waals surface area contributed by atoms with Crippen LogP contribution in [-0.2, 0) is 20.9 Å². The molecule has 0 spiro atoms. The van der Waals surface area contributed by atoms with Crippen molar-refractivity contribution in [1.29, 1.82) is 0 Å². The van der Waals surface area contributed by atoms with E-state index in [9.17, 15) is 29.3 Å². The maximum Gasteiger partial charge on any atom is 0.373 e. The minimum absolute atomic E-state index is 0.0295. The number of rotatable bonds is 9. The van der Waals surface area contributed by atoms with Gasteiger partial charge in [0.05, 0.1) is 18.6 Å². The molecule has 14 heteroatoms. The summed E-state index contributed by atoms with van der Waals surface area (Å²) in [6.45, 7) is -0.904. The molecule has 1 aromatic heterocycles. The van der Waals surface area contributed by atoms with Crippen molar-refractivity contribution in [2.75, 3.05) is 19.0 Å². The molecule has 0 unspecified atom stereocenters. The molecule has 13 nitrogen and oxygen atoms in total. The van der Waals surface area contributed by atoms with Gasteiger partial charge in [-0.1, -0.05) is 29.8 Å². The number of esters is 1. The molecule has 4 amide bonds. The number of nitrogens with one attached hydrogen (secondary N) is 2. The fraction of sp³-hybridized carbons (Fsp3) is 0.120. The molecule has 2 heterocycles. The predicted octanol–water partition coefficient (Wildman–Crippen LogP) is 3.74. The highest BCUT2D eigenvalue weighted by atomic mass is 35.5. The van der Waals surface area contributed by atoms with Crippen LogP contribution >= 0.6 is 11.6 Å². The van der Waals surface area contributed by atoms with Gasteiger partial charge in [0.15, 0.2) is 6.61 Å². The molecule has 4 rings (SSSR count). The van der Waals surface area contributed by atoms with Crippen LogP contribution in [-0.4, -0.2) is 47.4 Å². The number of carbonyl (C=O) groups excluding carboxylic acids is 4. The van der Waals surface area contributed by atoms with Crippen molar-refractivity contribution in [3.05, 3.63) is 92.5 Å². The van der Waals surface area contributed by atoms with Crippen molar-refractivity contribution in [3.8, 4) is 5.75 Å². The Bertz CT molecular complexity index is 1500. The number of nitro benzene ring substituents is 1. The summed E-state index contributed by atoms with van der Waals surface area (Å²) in [5.74, 6) is -2.43. The molecule has 0 aliphatic carbocycles. The molecule has 1 saturated heterocycles. The van der Waals surface area contributed by atoms with Gasteiger partial charge >= 0.3 is 17.7 Å². The van der Waals surface area contributed by atoms with Crippen LogP contribution in [0.5, 0.6) is 5.75 Å². The number of furan rings is 1. The van der Waals surface area contributed by atoms with E-state index in [-0.39, 0.29) is 40.1 Å². The molecule has 2 aromatic carbocycles. The average Bonchev–Trinajstić information content (AvgIpc) is 3.48. The van der Waals surface area contributed by atoms with Crippen molar-refractivity contribution < 1.29 is 38.0 Å². The number of hydrogen-bond acceptors (Lipinski definition) is 9. The van der Waals surface area contributed by atoms with Gasteiger partial charge in [-0.2, -0.15) is 0 Å². The third-order valence-corrected chi connectivity index (χ3v) is 5.51. The standard InChI is InChI=1S/C25H19ClN4O9/c1-37-24(33)20-8-7-17(39-20)12-29-23(32)18(28-25(29)34)10-14-9-15(26)11-19(30(35)36)22(14)38-13-21(31)27-16-5-3-2-4-6-16/h2-11H,12-13H2,1H3,(H,27,31)(H,28,34)/b18-10-. The smallest absolute Gasteiger partial charge is 0.373 e.